The lowest BCUT2D eigenvalue weighted by Crippen LogP contribution is -1.83. The third kappa shape index (κ3) is 1.85. The second-order valence-electron chi connectivity index (χ2n) is 3.46. The Morgan fingerprint density at radius 3 is 2.47 bits per heavy atom. The smallest absolute Gasteiger partial charge is 0.156 e. The number of H-pyrrole nitrogens is 1. The summed E-state index contributed by atoms with van der Waals surface area (Å²) in [5, 5.41) is 0.705. The fourth-order valence-electron chi connectivity index (χ4n) is 1.69. The quantitative estimate of drug-likeness (QED) is 0.686. The summed E-state index contributed by atoms with van der Waals surface area (Å²) in [6, 6.07) is 3.48. The molecular formula is C11H6Cl2N4. The minimum absolute atomic E-state index is 0.353. The topological polar surface area (TPSA) is 54.5 Å². The van der Waals surface area contributed by atoms with Gasteiger partial charge in [-0.05, 0) is 17.7 Å². The van der Waals surface area contributed by atoms with Gasteiger partial charge in [0.05, 0.1) is 0 Å². The van der Waals surface area contributed by atoms with Crippen LogP contribution in [0.2, 0.25) is 10.3 Å². The Balaban J connectivity index is 2.27. The molecule has 0 aliphatic carbocycles. The Hall–Kier alpha value is -1.65. The number of pyridine rings is 1. The van der Waals surface area contributed by atoms with E-state index in [9.17, 15) is 0 Å². The normalized spacial score (nSPS) is 10.9. The largest absolute Gasteiger partial charge is 0.344 e. The fraction of sp³-hybridized carbons (Fsp3) is 0. The molecule has 0 atom stereocenters. The van der Waals surface area contributed by atoms with Gasteiger partial charge >= 0.3 is 0 Å². The van der Waals surface area contributed by atoms with Gasteiger partial charge in [-0.2, -0.15) is 0 Å². The monoisotopic (exact) mass is 264 g/mol. The standard InChI is InChI=1S/C11H6Cl2N4/c12-8-3-6(4-9(13)17-8)7-5-16-11-10(7)14-1-2-15-11/h1-5H,(H,15,16). The van der Waals surface area contributed by atoms with Crippen LogP contribution in [0, 0.1) is 0 Å². The first-order valence-corrected chi connectivity index (χ1v) is 5.61. The lowest BCUT2D eigenvalue weighted by Gasteiger charge is -2.00. The van der Waals surface area contributed by atoms with Crippen molar-refractivity contribution in [2.75, 3.05) is 0 Å². The predicted octanol–water partition coefficient (Wildman–Crippen LogP) is 3.33. The molecule has 0 saturated heterocycles. The molecule has 0 aromatic carbocycles. The number of aromatic nitrogens is 4. The van der Waals surface area contributed by atoms with Crippen molar-refractivity contribution in [2.24, 2.45) is 0 Å². The maximum atomic E-state index is 5.88. The highest BCUT2D eigenvalue weighted by Gasteiger charge is 2.09. The Labute approximate surface area is 107 Å². The molecule has 0 aliphatic rings. The first-order valence-electron chi connectivity index (χ1n) is 4.85. The Morgan fingerprint density at radius 1 is 1.00 bits per heavy atom. The first-order chi connectivity index (χ1) is 8.24. The molecule has 17 heavy (non-hydrogen) atoms. The molecule has 0 aliphatic heterocycles. The molecule has 0 saturated carbocycles. The van der Waals surface area contributed by atoms with Gasteiger partial charge in [-0.3, -0.25) is 4.98 Å². The number of fused-ring (bicyclic) bond motifs is 1. The van der Waals surface area contributed by atoms with E-state index in [1.807, 2.05) is 6.20 Å². The number of aromatic amines is 1. The molecule has 0 spiro atoms. The van der Waals surface area contributed by atoms with Crippen LogP contribution in [-0.2, 0) is 0 Å². The van der Waals surface area contributed by atoms with Crippen molar-refractivity contribution >= 4 is 34.4 Å². The SMILES string of the molecule is Clc1cc(-c2c[nH]c3nccnc23)cc(Cl)n1. The summed E-state index contributed by atoms with van der Waals surface area (Å²) in [6.45, 7) is 0. The molecule has 4 nitrogen and oxygen atoms in total. The summed E-state index contributed by atoms with van der Waals surface area (Å²) in [5.74, 6) is 0. The minimum atomic E-state index is 0.353. The maximum Gasteiger partial charge on any atom is 0.156 e. The third-order valence-corrected chi connectivity index (χ3v) is 2.77. The summed E-state index contributed by atoms with van der Waals surface area (Å²) in [5.41, 5.74) is 3.28. The maximum absolute atomic E-state index is 5.88. The second-order valence-corrected chi connectivity index (χ2v) is 4.23. The highest BCUT2D eigenvalue weighted by molar-refractivity contribution is 6.33. The molecule has 6 heteroatoms. The molecule has 1 N–H and O–H groups in total. The van der Waals surface area contributed by atoms with Gasteiger partial charge in [-0.1, -0.05) is 23.2 Å². The zero-order chi connectivity index (χ0) is 11.8. The Morgan fingerprint density at radius 2 is 1.71 bits per heavy atom. The number of hydrogen-bond donors (Lipinski definition) is 1. The molecule has 0 unspecified atom stereocenters. The van der Waals surface area contributed by atoms with Crippen LogP contribution in [0.1, 0.15) is 0 Å². The number of rotatable bonds is 1. The van der Waals surface area contributed by atoms with Crippen molar-refractivity contribution in [2.45, 2.75) is 0 Å². The highest BCUT2D eigenvalue weighted by atomic mass is 35.5. The Kier molecular flexibility index (Phi) is 2.46. The van der Waals surface area contributed by atoms with Gasteiger partial charge in [0.25, 0.3) is 0 Å². The molecular weight excluding hydrogens is 259 g/mol. The predicted molar refractivity (Wildman–Crippen MR) is 67.1 cm³/mol. The zero-order valence-electron chi connectivity index (χ0n) is 8.48. The van der Waals surface area contributed by atoms with Crippen LogP contribution in [0.25, 0.3) is 22.3 Å². The minimum Gasteiger partial charge on any atom is -0.344 e. The van der Waals surface area contributed by atoms with E-state index in [0.29, 0.717) is 10.3 Å². The fourth-order valence-corrected chi connectivity index (χ4v) is 2.15. The van der Waals surface area contributed by atoms with Crippen LogP contribution in [0.4, 0.5) is 0 Å². The zero-order valence-corrected chi connectivity index (χ0v) is 10.00. The van der Waals surface area contributed by atoms with Crippen molar-refractivity contribution in [3.8, 4) is 11.1 Å². The molecule has 3 rings (SSSR count). The number of nitrogens with zero attached hydrogens (tertiary/aromatic N) is 3. The molecule has 3 aromatic rings. The van der Waals surface area contributed by atoms with Gasteiger partial charge in [0.15, 0.2) is 5.65 Å². The molecule has 0 bridgehead atoms. The van der Waals surface area contributed by atoms with Crippen LogP contribution in [0.5, 0.6) is 0 Å². The highest BCUT2D eigenvalue weighted by Crippen LogP contribution is 2.29. The van der Waals surface area contributed by atoms with E-state index in [1.165, 1.54) is 0 Å². The Bertz CT molecular complexity index is 673. The molecule has 0 radical (unpaired) electrons. The summed E-state index contributed by atoms with van der Waals surface area (Å²) >= 11 is 11.8. The van der Waals surface area contributed by atoms with Gasteiger partial charge in [0.1, 0.15) is 15.8 Å². The van der Waals surface area contributed by atoms with E-state index in [0.717, 1.165) is 22.3 Å². The van der Waals surface area contributed by atoms with E-state index < -0.39 is 0 Å². The summed E-state index contributed by atoms with van der Waals surface area (Å²) < 4.78 is 0. The molecule has 84 valence electrons. The van der Waals surface area contributed by atoms with E-state index in [4.69, 9.17) is 23.2 Å². The van der Waals surface area contributed by atoms with Crippen molar-refractivity contribution in [1.29, 1.82) is 0 Å². The van der Waals surface area contributed by atoms with Gasteiger partial charge < -0.3 is 4.98 Å². The average Bonchev–Trinajstić information content (AvgIpc) is 2.71. The van der Waals surface area contributed by atoms with Gasteiger partial charge in [-0.25, -0.2) is 9.97 Å². The van der Waals surface area contributed by atoms with Crippen LogP contribution >= 0.6 is 23.2 Å². The molecule has 0 fully saturated rings. The van der Waals surface area contributed by atoms with E-state index in [1.54, 1.807) is 24.5 Å². The lowest BCUT2D eigenvalue weighted by atomic mass is 10.1. The first kappa shape index (κ1) is 10.5. The summed E-state index contributed by atoms with van der Waals surface area (Å²) in [7, 11) is 0. The second kappa shape index (κ2) is 3.98. The van der Waals surface area contributed by atoms with Crippen LogP contribution in [0.15, 0.2) is 30.7 Å². The van der Waals surface area contributed by atoms with Gasteiger partial charge in [0, 0.05) is 24.2 Å². The van der Waals surface area contributed by atoms with Crippen LogP contribution in [-0.4, -0.2) is 19.9 Å². The van der Waals surface area contributed by atoms with Crippen molar-refractivity contribution < 1.29 is 0 Å². The van der Waals surface area contributed by atoms with E-state index in [2.05, 4.69) is 19.9 Å². The summed E-state index contributed by atoms with van der Waals surface area (Å²) in [6.07, 6.45) is 5.10. The lowest BCUT2D eigenvalue weighted by molar-refractivity contribution is 1.26. The molecule has 3 heterocycles. The van der Waals surface area contributed by atoms with Gasteiger partial charge in [0.2, 0.25) is 0 Å². The van der Waals surface area contributed by atoms with E-state index in [-0.39, 0.29) is 0 Å². The number of halogens is 2. The molecule has 0 amide bonds. The van der Waals surface area contributed by atoms with Crippen LogP contribution in [0.3, 0.4) is 0 Å². The average molecular weight is 265 g/mol. The van der Waals surface area contributed by atoms with Crippen molar-refractivity contribution in [3.63, 3.8) is 0 Å². The van der Waals surface area contributed by atoms with E-state index >= 15 is 0 Å². The van der Waals surface area contributed by atoms with Crippen molar-refractivity contribution in [3.05, 3.63) is 41.0 Å². The number of nitrogens with one attached hydrogen (secondary N) is 1. The van der Waals surface area contributed by atoms with Crippen LogP contribution < -0.4 is 0 Å². The van der Waals surface area contributed by atoms with Gasteiger partial charge in [-0.15, -0.1) is 0 Å². The number of hydrogen-bond acceptors (Lipinski definition) is 3. The molecule has 3 aromatic heterocycles. The summed E-state index contributed by atoms with van der Waals surface area (Å²) in [4.78, 5) is 15.4. The van der Waals surface area contributed by atoms with Crippen molar-refractivity contribution in [1.82, 2.24) is 19.9 Å². The third-order valence-electron chi connectivity index (χ3n) is 2.38.